The second-order valence-electron chi connectivity index (χ2n) is 4.86. The fourth-order valence-corrected chi connectivity index (χ4v) is 1.81. The first-order valence-corrected chi connectivity index (χ1v) is 7.34. The summed E-state index contributed by atoms with van der Waals surface area (Å²) < 4.78 is 11.0. The molecule has 0 radical (unpaired) electrons. The molecule has 0 spiro atoms. The Morgan fingerprint density at radius 1 is 1.32 bits per heavy atom. The van der Waals surface area contributed by atoms with Crippen LogP contribution in [0.5, 0.6) is 11.5 Å². The van der Waals surface area contributed by atoms with E-state index < -0.39 is 5.91 Å². The van der Waals surface area contributed by atoms with E-state index in [0.717, 1.165) is 0 Å². The van der Waals surface area contributed by atoms with Gasteiger partial charge in [-0.3, -0.25) is 4.79 Å². The summed E-state index contributed by atoms with van der Waals surface area (Å²) in [6, 6.07) is 7.21. The standard InChI is InChI=1S/C17H22N2O3/c1-5-21-15-8-7-13(16(10-15)22-6-2)9-14(11-18)17(20)19-12(3)4/h7-10,12H,5-6H2,1-4H3,(H,19,20). The number of ether oxygens (including phenoxy) is 2. The van der Waals surface area contributed by atoms with Gasteiger partial charge in [-0.2, -0.15) is 5.26 Å². The Morgan fingerprint density at radius 2 is 2.00 bits per heavy atom. The van der Waals surface area contributed by atoms with E-state index in [2.05, 4.69) is 5.32 Å². The highest BCUT2D eigenvalue weighted by molar-refractivity contribution is 6.02. The first-order chi connectivity index (χ1) is 10.5. The van der Waals surface area contributed by atoms with E-state index in [4.69, 9.17) is 9.47 Å². The van der Waals surface area contributed by atoms with Gasteiger partial charge in [-0.05, 0) is 45.9 Å². The van der Waals surface area contributed by atoms with Crippen LogP contribution in [0, 0.1) is 11.3 Å². The Labute approximate surface area is 131 Å². The van der Waals surface area contributed by atoms with Crippen LogP contribution in [0.25, 0.3) is 6.08 Å². The lowest BCUT2D eigenvalue weighted by Gasteiger charge is -2.11. The number of carbonyl (C=O) groups is 1. The molecule has 118 valence electrons. The third-order valence-corrected chi connectivity index (χ3v) is 2.68. The summed E-state index contributed by atoms with van der Waals surface area (Å²) in [5.41, 5.74) is 0.708. The molecule has 1 aromatic rings. The van der Waals surface area contributed by atoms with Crippen molar-refractivity contribution >= 4 is 12.0 Å². The molecule has 5 heteroatoms. The minimum atomic E-state index is -0.395. The number of nitriles is 1. The maximum Gasteiger partial charge on any atom is 0.262 e. The number of rotatable bonds is 7. The fourth-order valence-electron chi connectivity index (χ4n) is 1.81. The first-order valence-electron chi connectivity index (χ1n) is 7.34. The predicted octanol–water partition coefficient (Wildman–Crippen LogP) is 2.92. The summed E-state index contributed by atoms with van der Waals surface area (Å²) in [4.78, 5) is 12.0. The van der Waals surface area contributed by atoms with Crippen molar-refractivity contribution in [3.8, 4) is 17.6 Å². The van der Waals surface area contributed by atoms with Crippen LogP contribution >= 0.6 is 0 Å². The zero-order valence-electron chi connectivity index (χ0n) is 13.5. The number of amides is 1. The SMILES string of the molecule is CCOc1ccc(C=C(C#N)C(=O)NC(C)C)c(OCC)c1. The van der Waals surface area contributed by atoms with Crippen LogP contribution in [-0.2, 0) is 4.79 Å². The second kappa shape index (κ2) is 8.73. The highest BCUT2D eigenvalue weighted by Gasteiger charge is 2.12. The van der Waals surface area contributed by atoms with Gasteiger partial charge in [0.25, 0.3) is 5.91 Å². The number of hydrogen-bond donors (Lipinski definition) is 1. The Hall–Kier alpha value is -2.48. The zero-order chi connectivity index (χ0) is 16.5. The van der Waals surface area contributed by atoms with Crippen LogP contribution in [-0.4, -0.2) is 25.2 Å². The van der Waals surface area contributed by atoms with Gasteiger partial charge in [-0.1, -0.05) is 0 Å². The number of nitrogens with one attached hydrogen (secondary N) is 1. The van der Waals surface area contributed by atoms with Crippen molar-refractivity contribution in [1.29, 1.82) is 5.26 Å². The van der Waals surface area contributed by atoms with Gasteiger partial charge in [0.05, 0.1) is 13.2 Å². The highest BCUT2D eigenvalue weighted by atomic mass is 16.5. The molecule has 0 fully saturated rings. The summed E-state index contributed by atoms with van der Waals surface area (Å²) in [6.07, 6.45) is 1.53. The molecule has 0 atom stereocenters. The molecule has 0 aliphatic rings. The van der Waals surface area contributed by atoms with E-state index in [9.17, 15) is 10.1 Å². The maximum atomic E-state index is 12.0. The summed E-state index contributed by atoms with van der Waals surface area (Å²) >= 11 is 0. The molecule has 0 aliphatic carbocycles. The van der Waals surface area contributed by atoms with E-state index in [0.29, 0.717) is 30.3 Å². The second-order valence-corrected chi connectivity index (χ2v) is 4.86. The van der Waals surface area contributed by atoms with Gasteiger partial charge < -0.3 is 14.8 Å². The molecule has 0 unspecified atom stereocenters. The van der Waals surface area contributed by atoms with E-state index in [1.54, 1.807) is 18.2 Å². The molecule has 0 saturated carbocycles. The summed E-state index contributed by atoms with van der Waals surface area (Å²) in [5.74, 6) is 0.876. The van der Waals surface area contributed by atoms with E-state index in [-0.39, 0.29) is 11.6 Å². The van der Waals surface area contributed by atoms with Crippen LogP contribution in [0.15, 0.2) is 23.8 Å². The average molecular weight is 302 g/mol. The average Bonchev–Trinajstić information content (AvgIpc) is 2.46. The van der Waals surface area contributed by atoms with Crippen molar-refractivity contribution in [2.75, 3.05) is 13.2 Å². The maximum absolute atomic E-state index is 12.0. The van der Waals surface area contributed by atoms with Gasteiger partial charge in [0.1, 0.15) is 23.1 Å². The monoisotopic (exact) mass is 302 g/mol. The minimum absolute atomic E-state index is 0.0315. The predicted molar refractivity (Wildman–Crippen MR) is 85.6 cm³/mol. The van der Waals surface area contributed by atoms with Crippen LogP contribution in [0.1, 0.15) is 33.3 Å². The smallest absolute Gasteiger partial charge is 0.262 e. The Balaban J connectivity index is 3.15. The molecule has 1 N–H and O–H groups in total. The highest BCUT2D eigenvalue weighted by Crippen LogP contribution is 2.27. The van der Waals surface area contributed by atoms with Gasteiger partial charge in [0, 0.05) is 17.7 Å². The van der Waals surface area contributed by atoms with Gasteiger partial charge in [0.2, 0.25) is 0 Å². The summed E-state index contributed by atoms with van der Waals surface area (Å²) in [5, 5.41) is 11.9. The van der Waals surface area contributed by atoms with E-state index in [1.807, 2.05) is 33.8 Å². The van der Waals surface area contributed by atoms with Crippen LogP contribution in [0.3, 0.4) is 0 Å². The summed E-state index contributed by atoms with van der Waals surface area (Å²) in [7, 11) is 0. The molecule has 1 aromatic carbocycles. The third kappa shape index (κ3) is 5.13. The molecular formula is C17H22N2O3. The van der Waals surface area contributed by atoms with Gasteiger partial charge >= 0.3 is 0 Å². The van der Waals surface area contributed by atoms with Crippen molar-refractivity contribution < 1.29 is 14.3 Å². The number of nitrogens with zero attached hydrogens (tertiary/aromatic N) is 1. The zero-order valence-corrected chi connectivity index (χ0v) is 13.5. The number of benzene rings is 1. The Kier molecular flexibility index (Phi) is 6.97. The van der Waals surface area contributed by atoms with E-state index >= 15 is 0 Å². The van der Waals surface area contributed by atoms with Crippen LogP contribution in [0.4, 0.5) is 0 Å². The van der Waals surface area contributed by atoms with Crippen molar-refractivity contribution in [1.82, 2.24) is 5.32 Å². The Morgan fingerprint density at radius 3 is 2.55 bits per heavy atom. The van der Waals surface area contributed by atoms with Crippen molar-refractivity contribution in [3.63, 3.8) is 0 Å². The molecule has 5 nitrogen and oxygen atoms in total. The quantitative estimate of drug-likeness (QED) is 0.621. The van der Waals surface area contributed by atoms with Crippen molar-refractivity contribution in [2.24, 2.45) is 0 Å². The fraction of sp³-hybridized carbons (Fsp3) is 0.412. The van der Waals surface area contributed by atoms with E-state index in [1.165, 1.54) is 6.08 Å². The third-order valence-electron chi connectivity index (χ3n) is 2.68. The lowest BCUT2D eigenvalue weighted by atomic mass is 10.1. The van der Waals surface area contributed by atoms with Crippen molar-refractivity contribution in [3.05, 3.63) is 29.3 Å². The molecule has 0 aromatic heterocycles. The molecule has 0 saturated heterocycles. The largest absolute Gasteiger partial charge is 0.494 e. The van der Waals surface area contributed by atoms with Crippen molar-refractivity contribution in [2.45, 2.75) is 33.7 Å². The Bertz CT molecular complexity index is 586. The number of hydrogen-bond acceptors (Lipinski definition) is 4. The first kappa shape index (κ1) is 17.6. The lowest BCUT2D eigenvalue weighted by molar-refractivity contribution is -0.117. The topological polar surface area (TPSA) is 71.3 Å². The molecule has 1 rings (SSSR count). The van der Waals surface area contributed by atoms with Crippen LogP contribution in [0.2, 0.25) is 0 Å². The molecule has 1 amide bonds. The van der Waals surface area contributed by atoms with Gasteiger partial charge in [0.15, 0.2) is 0 Å². The summed E-state index contributed by atoms with van der Waals surface area (Å²) in [6.45, 7) is 8.50. The van der Waals surface area contributed by atoms with Gasteiger partial charge in [-0.25, -0.2) is 0 Å². The molecule has 0 aliphatic heterocycles. The minimum Gasteiger partial charge on any atom is -0.494 e. The lowest BCUT2D eigenvalue weighted by Crippen LogP contribution is -2.30. The molecular weight excluding hydrogens is 280 g/mol. The normalized spacial score (nSPS) is 11.0. The molecule has 0 bridgehead atoms. The van der Waals surface area contributed by atoms with Gasteiger partial charge in [-0.15, -0.1) is 0 Å². The molecule has 0 heterocycles. The molecule has 22 heavy (non-hydrogen) atoms. The van der Waals surface area contributed by atoms with Crippen LogP contribution < -0.4 is 14.8 Å². The number of carbonyl (C=O) groups excluding carboxylic acids is 1.